The van der Waals surface area contributed by atoms with Crippen molar-refractivity contribution < 1.29 is 14.1 Å². The highest BCUT2D eigenvalue weighted by molar-refractivity contribution is 7.89. The first kappa shape index (κ1) is 23.1. The van der Waals surface area contributed by atoms with Crippen LogP contribution >= 0.6 is 0 Å². The Labute approximate surface area is 188 Å². The summed E-state index contributed by atoms with van der Waals surface area (Å²) >= 11 is -1.44. The SMILES string of the molecule is CCOC(=O)C[C@H](N[S+]([O-])c1ccc(C)cc1)c1ccc(Cc2cccc(C)c2)cc1. The standard InChI is InChI=1S/C26H29NO3S/c1-4-30-26(28)18-25(27-31(29)24-14-8-19(2)9-15-24)23-12-10-21(11-13-23)17-22-7-5-6-20(3)16-22/h5-16,25,27H,4,17-18H2,1-3H3/t25-,31?/m0/s1. The Morgan fingerprint density at radius 2 is 1.68 bits per heavy atom. The molecule has 0 aliphatic carbocycles. The van der Waals surface area contributed by atoms with Gasteiger partial charge >= 0.3 is 5.97 Å². The van der Waals surface area contributed by atoms with E-state index in [1.54, 1.807) is 6.92 Å². The van der Waals surface area contributed by atoms with Crippen molar-refractivity contribution in [1.29, 1.82) is 0 Å². The van der Waals surface area contributed by atoms with E-state index in [1.165, 1.54) is 16.7 Å². The van der Waals surface area contributed by atoms with E-state index >= 15 is 0 Å². The molecule has 0 saturated heterocycles. The maximum atomic E-state index is 12.9. The molecule has 0 fully saturated rings. The highest BCUT2D eigenvalue weighted by atomic mass is 32.2. The third-order valence-electron chi connectivity index (χ3n) is 5.03. The summed E-state index contributed by atoms with van der Waals surface area (Å²) in [7, 11) is 0. The number of hydrogen-bond donors (Lipinski definition) is 1. The van der Waals surface area contributed by atoms with Crippen molar-refractivity contribution >= 4 is 17.3 Å². The first-order valence-corrected chi connectivity index (χ1v) is 11.6. The molecule has 0 saturated carbocycles. The fourth-order valence-electron chi connectivity index (χ4n) is 3.40. The van der Waals surface area contributed by atoms with E-state index in [2.05, 4.69) is 48.0 Å². The summed E-state index contributed by atoms with van der Waals surface area (Å²) in [6.07, 6.45) is 0.954. The molecule has 1 N–H and O–H groups in total. The van der Waals surface area contributed by atoms with Crippen molar-refractivity contribution in [2.75, 3.05) is 6.61 Å². The average Bonchev–Trinajstić information content (AvgIpc) is 2.74. The van der Waals surface area contributed by atoms with Crippen molar-refractivity contribution in [3.8, 4) is 0 Å². The Bertz CT molecular complexity index is 986. The molecule has 0 heterocycles. The maximum absolute atomic E-state index is 12.9. The molecule has 0 aromatic heterocycles. The number of hydrogen-bond acceptors (Lipinski definition) is 4. The Balaban J connectivity index is 1.76. The summed E-state index contributed by atoms with van der Waals surface area (Å²) in [6.45, 7) is 6.18. The van der Waals surface area contributed by atoms with Gasteiger partial charge in [0.05, 0.1) is 30.4 Å². The summed E-state index contributed by atoms with van der Waals surface area (Å²) in [4.78, 5) is 12.8. The molecule has 162 valence electrons. The number of nitrogens with one attached hydrogen (secondary N) is 1. The fraction of sp³-hybridized carbons (Fsp3) is 0.269. The number of aryl methyl sites for hydroxylation is 2. The van der Waals surface area contributed by atoms with Crippen molar-refractivity contribution in [3.05, 3.63) is 101 Å². The first-order valence-electron chi connectivity index (χ1n) is 10.5. The van der Waals surface area contributed by atoms with Crippen molar-refractivity contribution in [1.82, 2.24) is 4.72 Å². The van der Waals surface area contributed by atoms with E-state index in [4.69, 9.17) is 4.74 Å². The zero-order chi connectivity index (χ0) is 22.2. The van der Waals surface area contributed by atoms with E-state index in [0.29, 0.717) is 11.5 Å². The lowest BCUT2D eigenvalue weighted by molar-refractivity contribution is -0.143. The van der Waals surface area contributed by atoms with E-state index in [0.717, 1.165) is 17.5 Å². The molecule has 0 amide bonds. The van der Waals surface area contributed by atoms with Crippen LogP contribution in [0, 0.1) is 13.8 Å². The van der Waals surface area contributed by atoms with E-state index in [1.807, 2.05) is 43.3 Å². The van der Waals surface area contributed by atoms with E-state index in [-0.39, 0.29) is 12.4 Å². The molecule has 31 heavy (non-hydrogen) atoms. The van der Waals surface area contributed by atoms with Crippen LogP contribution < -0.4 is 4.72 Å². The minimum Gasteiger partial charge on any atom is -0.593 e. The summed E-state index contributed by atoms with van der Waals surface area (Å²) in [6, 6.07) is 23.7. The van der Waals surface area contributed by atoms with Gasteiger partial charge in [0.2, 0.25) is 0 Å². The number of rotatable bonds is 9. The van der Waals surface area contributed by atoms with Crippen LogP contribution in [0.15, 0.2) is 77.7 Å². The number of benzene rings is 3. The molecular weight excluding hydrogens is 406 g/mol. The van der Waals surface area contributed by atoms with Crippen LogP contribution in [-0.4, -0.2) is 17.1 Å². The molecule has 0 radical (unpaired) electrons. The summed E-state index contributed by atoms with van der Waals surface area (Å²) < 4.78 is 21.1. The number of carbonyl (C=O) groups is 1. The molecule has 3 rings (SSSR count). The van der Waals surface area contributed by atoms with E-state index < -0.39 is 17.4 Å². The Hall–Kier alpha value is -2.60. The molecule has 0 spiro atoms. The number of carbonyl (C=O) groups excluding carboxylic acids is 1. The second-order valence-corrected chi connectivity index (χ2v) is 8.91. The van der Waals surface area contributed by atoms with Crippen LogP contribution in [-0.2, 0) is 27.3 Å². The molecule has 1 unspecified atom stereocenters. The second kappa shape index (κ2) is 11.1. The Kier molecular flexibility index (Phi) is 8.29. The topological polar surface area (TPSA) is 61.4 Å². The number of esters is 1. The van der Waals surface area contributed by atoms with Crippen LogP contribution in [0.2, 0.25) is 0 Å². The zero-order valence-corrected chi connectivity index (χ0v) is 19.1. The minimum absolute atomic E-state index is 0.114. The highest BCUT2D eigenvalue weighted by Crippen LogP contribution is 2.23. The minimum atomic E-state index is -1.44. The third kappa shape index (κ3) is 6.96. The third-order valence-corrected chi connectivity index (χ3v) is 6.23. The van der Waals surface area contributed by atoms with Gasteiger partial charge in [0.1, 0.15) is 0 Å². The van der Waals surface area contributed by atoms with Crippen molar-refractivity contribution in [2.45, 2.75) is 44.6 Å². The number of ether oxygens (including phenoxy) is 1. The molecule has 3 aromatic carbocycles. The van der Waals surface area contributed by atoms with Crippen LogP contribution in [0.3, 0.4) is 0 Å². The Morgan fingerprint density at radius 3 is 2.32 bits per heavy atom. The van der Waals surface area contributed by atoms with Gasteiger partial charge < -0.3 is 9.29 Å². The Morgan fingerprint density at radius 1 is 0.968 bits per heavy atom. The first-order chi connectivity index (χ1) is 14.9. The molecule has 0 aliphatic heterocycles. The van der Waals surface area contributed by atoms with Gasteiger partial charge in [-0.15, -0.1) is 4.72 Å². The monoisotopic (exact) mass is 435 g/mol. The summed E-state index contributed by atoms with van der Waals surface area (Å²) in [5, 5.41) is 0. The lowest BCUT2D eigenvalue weighted by Gasteiger charge is -2.20. The van der Waals surface area contributed by atoms with Crippen LogP contribution in [0.4, 0.5) is 0 Å². The van der Waals surface area contributed by atoms with Gasteiger partial charge in [-0.2, -0.15) is 0 Å². The van der Waals surface area contributed by atoms with Gasteiger partial charge in [-0.3, -0.25) is 4.79 Å². The highest BCUT2D eigenvalue weighted by Gasteiger charge is 2.23. The van der Waals surface area contributed by atoms with Gasteiger partial charge in [0.25, 0.3) is 0 Å². The van der Waals surface area contributed by atoms with Crippen molar-refractivity contribution in [3.63, 3.8) is 0 Å². The largest absolute Gasteiger partial charge is 0.593 e. The molecule has 0 aliphatic rings. The van der Waals surface area contributed by atoms with Gasteiger partial charge in [-0.25, -0.2) is 0 Å². The predicted octanol–water partition coefficient (Wildman–Crippen LogP) is 5.20. The maximum Gasteiger partial charge on any atom is 0.307 e. The second-order valence-electron chi connectivity index (χ2n) is 7.67. The molecule has 3 aromatic rings. The summed E-state index contributed by atoms with van der Waals surface area (Å²) in [5.74, 6) is -0.315. The van der Waals surface area contributed by atoms with Crippen LogP contribution in [0.5, 0.6) is 0 Å². The van der Waals surface area contributed by atoms with Crippen molar-refractivity contribution in [2.24, 2.45) is 0 Å². The average molecular weight is 436 g/mol. The lowest BCUT2D eigenvalue weighted by Crippen LogP contribution is -2.30. The molecule has 5 heteroatoms. The zero-order valence-electron chi connectivity index (χ0n) is 18.3. The fourth-order valence-corrected chi connectivity index (χ4v) is 4.40. The van der Waals surface area contributed by atoms with Crippen LogP contribution in [0.25, 0.3) is 0 Å². The van der Waals surface area contributed by atoms with E-state index in [9.17, 15) is 9.35 Å². The predicted molar refractivity (Wildman–Crippen MR) is 125 cm³/mol. The normalized spacial score (nSPS) is 12.9. The van der Waals surface area contributed by atoms with Crippen LogP contribution in [0.1, 0.15) is 47.2 Å². The van der Waals surface area contributed by atoms with Gasteiger partial charge in [0, 0.05) is 0 Å². The molecule has 2 atom stereocenters. The quantitative estimate of drug-likeness (QED) is 0.371. The summed E-state index contributed by atoms with van der Waals surface area (Å²) in [5.41, 5.74) is 5.69. The smallest absolute Gasteiger partial charge is 0.307 e. The van der Waals surface area contributed by atoms with Gasteiger partial charge in [-0.05, 0) is 56.0 Å². The lowest BCUT2D eigenvalue weighted by atomic mass is 9.99. The molecule has 0 bridgehead atoms. The molecule has 4 nitrogen and oxygen atoms in total. The molecular formula is C26H29NO3S. The van der Waals surface area contributed by atoms with Gasteiger partial charge in [-0.1, -0.05) is 71.8 Å². The van der Waals surface area contributed by atoms with Gasteiger partial charge in [0.15, 0.2) is 4.90 Å².